The molecule has 0 saturated heterocycles. The second-order valence-corrected chi connectivity index (χ2v) is 5.42. The molecule has 0 radical (unpaired) electrons. The van der Waals surface area contributed by atoms with Crippen LogP contribution in [0.4, 0.5) is 0 Å². The van der Waals surface area contributed by atoms with Gasteiger partial charge >= 0.3 is 0 Å². The number of carbonyl (C=O) groups excluding carboxylic acids is 1. The van der Waals surface area contributed by atoms with E-state index in [0.29, 0.717) is 12.0 Å². The quantitative estimate of drug-likeness (QED) is 0.766. The summed E-state index contributed by atoms with van der Waals surface area (Å²) in [6, 6.07) is 6.34. The van der Waals surface area contributed by atoms with Crippen LogP contribution in [0.5, 0.6) is 0 Å². The van der Waals surface area contributed by atoms with Gasteiger partial charge in [0.1, 0.15) is 6.10 Å². The second-order valence-electron chi connectivity index (χ2n) is 5.42. The van der Waals surface area contributed by atoms with Gasteiger partial charge in [-0.05, 0) is 36.2 Å². The minimum absolute atomic E-state index is 0.154. The minimum atomic E-state index is -0.996. The summed E-state index contributed by atoms with van der Waals surface area (Å²) < 4.78 is 0. The highest BCUT2D eigenvalue weighted by atomic mass is 16.3. The normalized spacial score (nSPS) is 27.5. The monoisotopic (exact) mass is 299 g/mol. The molecule has 4 atom stereocenters. The van der Waals surface area contributed by atoms with Gasteiger partial charge in [0, 0.05) is 36.3 Å². The average molecular weight is 299 g/mol. The van der Waals surface area contributed by atoms with Gasteiger partial charge in [-0.15, -0.1) is 0 Å². The lowest BCUT2D eigenvalue weighted by atomic mass is 9.94. The number of amides is 1. The maximum Gasteiger partial charge on any atom is 0.251 e. The summed E-state index contributed by atoms with van der Waals surface area (Å²) >= 11 is 0. The predicted octanol–water partition coefficient (Wildman–Crippen LogP) is 0.484. The van der Waals surface area contributed by atoms with Crippen molar-refractivity contribution in [1.29, 1.82) is 0 Å². The summed E-state index contributed by atoms with van der Waals surface area (Å²) in [6.07, 6.45) is 4.93. The molecule has 1 fully saturated rings. The van der Waals surface area contributed by atoms with Gasteiger partial charge in [-0.2, -0.15) is 0 Å². The van der Waals surface area contributed by atoms with Gasteiger partial charge in [-0.25, -0.2) is 0 Å². The van der Waals surface area contributed by atoms with Crippen molar-refractivity contribution in [3.8, 4) is 0 Å². The van der Waals surface area contributed by atoms with E-state index >= 15 is 0 Å². The number of rotatable bonds is 3. The zero-order valence-electron chi connectivity index (χ0n) is 11.8. The molecule has 6 nitrogen and oxygen atoms in total. The third-order valence-electron chi connectivity index (χ3n) is 4.07. The van der Waals surface area contributed by atoms with Crippen LogP contribution in [0.2, 0.25) is 0 Å². The molecule has 0 unspecified atom stereocenters. The van der Waals surface area contributed by atoms with Crippen molar-refractivity contribution < 1.29 is 15.0 Å². The zero-order valence-corrected chi connectivity index (χ0v) is 11.8. The Morgan fingerprint density at radius 2 is 1.64 bits per heavy atom. The van der Waals surface area contributed by atoms with E-state index in [4.69, 9.17) is 0 Å². The summed E-state index contributed by atoms with van der Waals surface area (Å²) in [7, 11) is 0. The number of nitrogens with one attached hydrogen (secondary N) is 1. The van der Waals surface area contributed by atoms with Crippen LogP contribution < -0.4 is 5.32 Å². The van der Waals surface area contributed by atoms with Crippen molar-refractivity contribution in [3.63, 3.8) is 0 Å². The molecule has 1 aliphatic rings. The SMILES string of the molecule is O=C(N[C@H]1[C@H](O)[C@H](O)C[C@@H]1c1ccncc1)c1ccncc1. The summed E-state index contributed by atoms with van der Waals surface area (Å²) in [4.78, 5) is 20.1. The molecular weight excluding hydrogens is 282 g/mol. The first-order valence-electron chi connectivity index (χ1n) is 7.14. The van der Waals surface area contributed by atoms with E-state index in [2.05, 4.69) is 15.3 Å². The number of aliphatic hydroxyl groups is 2. The fraction of sp³-hybridized carbons (Fsp3) is 0.312. The highest BCUT2D eigenvalue weighted by molar-refractivity contribution is 5.94. The van der Waals surface area contributed by atoms with Crippen molar-refractivity contribution in [2.24, 2.45) is 0 Å². The van der Waals surface area contributed by atoms with Crippen molar-refractivity contribution in [1.82, 2.24) is 15.3 Å². The van der Waals surface area contributed by atoms with Gasteiger partial charge in [0.05, 0.1) is 12.1 Å². The van der Waals surface area contributed by atoms with Crippen LogP contribution >= 0.6 is 0 Å². The first kappa shape index (κ1) is 14.6. The number of aromatic nitrogens is 2. The Bertz CT molecular complexity index is 636. The molecule has 3 N–H and O–H groups in total. The molecule has 6 heteroatoms. The standard InChI is InChI=1S/C16H17N3O3/c20-13-9-12(10-1-5-17-6-2-10)14(15(13)21)19-16(22)11-3-7-18-8-4-11/h1-8,12-15,20-21H,9H2,(H,19,22)/t12-,13-,14-,15-/m1/s1. The van der Waals surface area contributed by atoms with Gasteiger partial charge in [0.25, 0.3) is 5.91 Å². The Kier molecular flexibility index (Phi) is 4.13. The van der Waals surface area contributed by atoms with Gasteiger partial charge < -0.3 is 15.5 Å². The zero-order chi connectivity index (χ0) is 15.5. The fourth-order valence-corrected chi connectivity index (χ4v) is 2.90. The Morgan fingerprint density at radius 1 is 1.05 bits per heavy atom. The van der Waals surface area contributed by atoms with Gasteiger partial charge in [-0.3, -0.25) is 14.8 Å². The molecule has 2 aromatic rings. The molecule has 114 valence electrons. The first-order valence-corrected chi connectivity index (χ1v) is 7.14. The average Bonchev–Trinajstić information content (AvgIpc) is 2.85. The van der Waals surface area contributed by atoms with E-state index in [9.17, 15) is 15.0 Å². The van der Waals surface area contributed by atoms with Gasteiger partial charge in [0.2, 0.25) is 0 Å². The van der Waals surface area contributed by atoms with Crippen LogP contribution in [0.3, 0.4) is 0 Å². The lowest BCUT2D eigenvalue weighted by Gasteiger charge is -2.23. The number of carbonyl (C=O) groups is 1. The van der Waals surface area contributed by atoms with Crippen molar-refractivity contribution in [3.05, 3.63) is 60.2 Å². The van der Waals surface area contributed by atoms with Crippen LogP contribution in [-0.2, 0) is 0 Å². The lowest BCUT2D eigenvalue weighted by Crippen LogP contribution is -2.45. The van der Waals surface area contributed by atoms with Crippen LogP contribution in [0.15, 0.2) is 49.1 Å². The largest absolute Gasteiger partial charge is 0.390 e. The smallest absolute Gasteiger partial charge is 0.251 e. The second kappa shape index (κ2) is 6.21. The van der Waals surface area contributed by atoms with Crippen molar-refractivity contribution >= 4 is 5.91 Å². The molecule has 1 saturated carbocycles. The van der Waals surface area contributed by atoms with Crippen LogP contribution in [-0.4, -0.2) is 44.3 Å². The van der Waals surface area contributed by atoms with Gasteiger partial charge in [0.15, 0.2) is 0 Å². The molecule has 22 heavy (non-hydrogen) atoms. The molecule has 0 aliphatic heterocycles. The molecule has 0 bridgehead atoms. The van der Waals surface area contributed by atoms with Crippen LogP contribution in [0, 0.1) is 0 Å². The third-order valence-corrected chi connectivity index (χ3v) is 4.07. The van der Waals surface area contributed by atoms with Crippen LogP contribution in [0.1, 0.15) is 28.3 Å². The van der Waals surface area contributed by atoms with Crippen molar-refractivity contribution in [2.45, 2.75) is 30.6 Å². The highest BCUT2D eigenvalue weighted by Crippen LogP contribution is 2.35. The molecule has 0 spiro atoms. The Morgan fingerprint density at radius 3 is 2.27 bits per heavy atom. The Balaban J connectivity index is 1.82. The molecule has 1 amide bonds. The number of hydrogen-bond donors (Lipinski definition) is 3. The summed E-state index contributed by atoms with van der Waals surface area (Å²) in [5.74, 6) is -0.446. The van der Waals surface area contributed by atoms with Crippen LogP contribution in [0.25, 0.3) is 0 Å². The topological polar surface area (TPSA) is 95.3 Å². The summed E-state index contributed by atoms with van der Waals surface area (Å²) in [5.41, 5.74) is 1.41. The van der Waals surface area contributed by atoms with E-state index in [0.717, 1.165) is 5.56 Å². The Labute approximate surface area is 127 Å². The maximum absolute atomic E-state index is 12.3. The molecule has 2 heterocycles. The molecule has 0 aromatic carbocycles. The summed E-state index contributed by atoms with van der Waals surface area (Å²) in [5, 5.41) is 23.0. The van der Waals surface area contributed by atoms with E-state index in [-0.39, 0.29) is 11.8 Å². The number of hydrogen-bond acceptors (Lipinski definition) is 5. The summed E-state index contributed by atoms with van der Waals surface area (Å²) in [6.45, 7) is 0. The van der Waals surface area contributed by atoms with Crippen molar-refractivity contribution in [2.75, 3.05) is 0 Å². The maximum atomic E-state index is 12.3. The molecule has 3 rings (SSSR count). The van der Waals surface area contributed by atoms with E-state index in [1.165, 1.54) is 12.4 Å². The third kappa shape index (κ3) is 2.84. The first-order chi connectivity index (χ1) is 10.7. The van der Waals surface area contributed by atoms with E-state index in [1.54, 1.807) is 24.5 Å². The minimum Gasteiger partial charge on any atom is -0.390 e. The number of aliphatic hydroxyl groups excluding tert-OH is 2. The number of nitrogens with zero attached hydrogens (tertiary/aromatic N) is 2. The lowest BCUT2D eigenvalue weighted by molar-refractivity contribution is 0.0294. The molecular formula is C16H17N3O3. The van der Waals surface area contributed by atoms with E-state index < -0.39 is 18.2 Å². The number of pyridine rings is 2. The van der Waals surface area contributed by atoms with Gasteiger partial charge in [-0.1, -0.05) is 0 Å². The van der Waals surface area contributed by atoms with E-state index in [1.807, 2.05) is 12.1 Å². The Hall–Kier alpha value is -2.31. The predicted molar refractivity (Wildman–Crippen MR) is 79.1 cm³/mol. The molecule has 2 aromatic heterocycles. The fourth-order valence-electron chi connectivity index (χ4n) is 2.90. The molecule has 1 aliphatic carbocycles. The highest BCUT2D eigenvalue weighted by Gasteiger charge is 2.43.